The quantitative estimate of drug-likeness (QED) is 0.0345. The molecular formula is C61H71N9O19. The second-order valence-electron chi connectivity index (χ2n) is 21.8. The van der Waals surface area contributed by atoms with Crippen LogP contribution >= 0.6 is 0 Å². The van der Waals surface area contributed by atoms with Crippen LogP contribution in [0.5, 0.6) is 23.0 Å². The van der Waals surface area contributed by atoms with Gasteiger partial charge in [0.25, 0.3) is 23.6 Å². The molecule has 0 bridgehead atoms. The lowest BCUT2D eigenvalue weighted by Gasteiger charge is -2.24. The number of anilines is 1. The van der Waals surface area contributed by atoms with E-state index in [0.29, 0.717) is 82.9 Å². The van der Waals surface area contributed by atoms with E-state index in [9.17, 15) is 33.6 Å². The fraction of sp³-hybridized carbons (Fsp3) is 0.426. The van der Waals surface area contributed by atoms with Crippen LogP contribution in [-0.2, 0) is 59.2 Å². The topological polar surface area (TPSA) is 313 Å². The van der Waals surface area contributed by atoms with Crippen molar-refractivity contribution in [3.63, 3.8) is 0 Å². The van der Waals surface area contributed by atoms with Crippen LogP contribution in [-0.4, -0.2) is 139 Å². The van der Waals surface area contributed by atoms with Crippen molar-refractivity contribution >= 4 is 76.6 Å². The Morgan fingerprint density at radius 2 is 1.20 bits per heavy atom. The van der Waals surface area contributed by atoms with Gasteiger partial charge in [-0.25, -0.2) is 14.6 Å². The van der Waals surface area contributed by atoms with Crippen LogP contribution in [0.25, 0.3) is 5.57 Å². The lowest BCUT2D eigenvalue weighted by atomic mass is 10.0. The molecule has 0 radical (unpaired) electrons. The average molecular weight is 1230 g/mol. The molecular weight excluding hydrogens is 1160 g/mol. The number of hydrogen-bond donors (Lipinski definition) is 4. The zero-order valence-corrected chi connectivity index (χ0v) is 49.7. The number of imide groups is 1. The van der Waals surface area contributed by atoms with Gasteiger partial charge in [0.1, 0.15) is 12.6 Å². The summed E-state index contributed by atoms with van der Waals surface area (Å²) in [6.07, 6.45) is 15.6. The number of amides is 7. The SMILES string of the molecule is C=C(Nc1ccc(C2=CN3C(=O)c4cc5c(cc4N=C[C@@H]3C2)OCCCOc2cc3c(cc2OCCCCCCCCO5)C(=O)N2C=C(C)C[C@H]2C=N3)cc1)[C@H](C)NC(=O)[C@@H](NC(=O)OOOOOOOOCCNC(=O)CCN1C(=O)C=CC1=O)C(C)C. The minimum atomic E-state index is -1.24. The van der Waals surface area contributed by atoms with Crippen molar-refractivity contribution in [3.05, 3.63) is 108 Å². The maximum Gasteiger partial charge on any atom is 0.442 e. The molecule has 28 nitrogen and oxygen atoms in total. The Bertz CT molecular complexity index is 3260. The number of fused-ring (bicyclic) bond motifs is 6. The first-order valence-corrected chi connectivity index (χ1v) is 29.4. The lowest BCUT2D eigenvalue weighted by molar-refractivity contribution is -0.809. The van der Waals surface area contributed by atoms with E-state index in [1.165, 1.54) is 0 Å². The van der Waals surface area contributed by atoms with Gasteiger partial charge in [-0.1, -0.05) is 63.8 Å². The van der Waals surface area contributed by atoms with E-state index in [1.807, 2.05) is 49.8 Å². The molecule has 0 spiro atoms. The van der Waals surface area contributed by atoms with E-state index >= 15 is 0 Å². The summed E-state index contributed by atoms with van der Waals surface area (Å²) in [5.41, 5.74) is 5.92. The third kappa shape index (κ3) is 17.4. The van der Waals surface area contributed by atoms with Crippen molar-refractivity contribution in [2.45, 2.75) is 116 Å². The first-order valence-electron chi connectivity index (χ1n) is 29.4. The third-order valence-electron chi connectivity index (χ3n) is 14.9. The molecule has 474 valence electrons. The third-order valence-corrected chi connectivity index (χ3v) is 14.9. The van der Waals surface area contributed by atoms with Crippen molar-refractivity contribution < 1.29 is 92.5 Å². The van der Waals surface area contributed by atoms with Gasteiger partial charge >= 0.3 is 6.09 Å². The van der Waals surface area contributed by atoms with Crippen molar-refractivity contribution in [2.75, 3.05) is 51.4 Å². The molecule has 6 heterocycles. The van der Waals surface area contributed by atoms with E-state index in [0.717, 1.165) is 78.7 Å². The van der Waals surface area contributed by atoms with E-state index in [1.54, 1.807) is 61.1 Å². The number of benzene rings is 3. The number of nitrogens with one attached hydrogen (secondary N) is 4. The molecule has 28 heteroatoms. The summed E-state index contributed by atoms with van der Waals surface area (Å²) in [5, 5.41) is 35.1. The molecule has 4 atom stereocenters. The normalized spacial score (nSPS) is 19.0. The molecule has 0 unspecified atom stereocenters. The molecule has 3 aromatic rings. The molecule has 0 fully saturated rings. The maximum absolute atomic E-state index is 14.4. The minimum Gasteiger partial charge on any atom is -0.490 e. The maximum atomic E-state index is 14.4. The standard InChI is InChI=1S/C61H71N9O19/c1-37(2)57(67-61(77)83-85-87-89-88-86-84-82-26-20-62-54(71)19-21-68-55(72)17-18-56(68)73)58(74)66-40(5)39(4)65-43-15-13-41(14-16-43)42-28-45-34-64-49-32-53-51(30-47(49)60(76)70(45)36-42)79-23-11-9-7-6-8-10-22-78-50-29-46-48(31-52(50)80-24-12-25-81-53)63-33-44-27-38(3)35-69(44)59(46)75/h13-18,29-37,40,44-45,57,65H,4,6-12,19-28H2,1-3,5H3,(H,62,71)(H,66,74)(H,67,77)/t40-,44-,45-,57-/m0/s1. The van der Waals surface area contributed by atoms with Crippen LogP contribution in [0, 0.1) is 5.92 Å². The van der Waals surface area contributed by atoms with Crippen LogP contribution in [0.2, 0.25) is 0 Å². The number of ether oxygens (including phenoxy) is 4. The second-order valence-corrected chi connectivity index (χ2v) is 21.8. The smallest absolute Gasteiger partial charge is 0.442 e. The summed E-state index contributed by atoms with van der Waals surface area (Å²) >= 11 is 0. The lowest BCUT2D eigenvalue weighted by Crippen LogP contribution is -2.52. The van der Waals surface area contributed by atoms with Crippen molar-refractivity contribution in [1.29, 1.82) is 0 Å². The summed E-state index contributed by atoms with van der Waals surface area (Å²) in [6, 6.07) is 12.4. The van der Waals surface area contributed by atoms with Crippen molar-refractivity contribution in [1.82, 2.24) is 30.7 Å². The molecule has 3 aromatic carbocycles. The fourth-order valence-corrected chi connectivity index (χ4v) is 10.2. The van der Waals surface area contributed by atoms with E-state index in [4.69, 9.17) is 28.9 Å². The molecule has 6 aliphatic rings. The van der Waals surface area contributed by atoms with Crippen LogP contribution in [0.3, 0.4) is 0 Å². The highest BCUT2D eigenvalue weighted by molar-refractivity contribution is 6.13. The summed E-state index contributed by atoms with van der Waals surface area (Å²) < 4.78 is 25.3. The van der Waals surface area contributed by atoms with Crippen molar-refractivity contribution in [2.24, 2.45) is 15.9 Å². The Balaban J connectivity index is 0.709. The number of hydrogen-bond acceptors (Lipinski definition) is 22. The highest BCUT2D eigenvalue weighted by Crippen LogP contribution is 2.42. The van der Waals surface area contributed by atoms with Gasteiger partial charge in [0.15, 0.2) is 23.0 Å². The van der Waals surface area contributed by atoms with Gasteiger partial charge in [0.05, 0.1) is 67.1 Å². The molecule has 4 N–H and O–H groups in total. The molecule has 0 saturated carbocycles. The monoisotopic (exact) mass is 1230 g/mol. The summed E-state index contributed by atoms with van der Waals surface area (Å²) in [6.45, 7) is 12.3. The minimum absolute atomic E-state index is 0.0422. The molecule has 6 aliphatic heterocycles. The Labute approximate surface area is 512 Å². The van der Waals surface area contributed by atoms with Crippen LogP contribution in [0.15, 0.2) is 101 Å². The summed E-state index contributed by atoms with van der Waals surface area (Å²) in [5.74, 6) is -0.851. The fourth-order valence-electron chi connectivity index (χ4n) is 10.2. The highest BCUT2D eigenvalue weighted by Gasteiger charge is 2.35. The van der Waals surface area contributed by atoms with Crippen LogP contribution < -0.4 is 40.2 Å². The Hall–Kier alpha value is -9.03. The van der Waals surface area contributed by atoms with Gasteiger partial charge in [0, 0.05) is 108 Å². The van der Waals surface area contributed by atoms with Crippen LogP contribution in [0.1, 0.15) is 118 Å². The van der Waals surface area contributed by atoms with Gasteiger partial charge in [-0.05, 0) is 89.5 Å². The molecule has 9 rings (SSSR count). The second kappa shape index (κ2) is 31.2. The molecule has 89 heavy (non-hydrogen) atoms. The number of carbonyl (C=O) groups is 7. The Morgan fingerprint density at radius 1 is 0.663 bits per heavy atom. The Kier molecular flexibility index (Phi) is 22.6. The first kappa shape index (κ1) is 64.4. The Morgan fingerprint density at radius 3 is 1.81 bits per heavy atom. The van der Waals surface area contributed by atoms with Gasteiger partial charge in [-0.2, -0.15) is 0 Å². The van der Waals surface area contributed by atoms with Gasteiger partial charge in [-0.3, -0.25) is 43.7 Å². The van der Waals surface area contributed by atoms with Gasteiger partial charge < -0.3 is 50.0 Å². The number of carbonyl (C=O) groups excluding carboxylic acids is 7. The summed E-state index contributed by atoms with van der Waals surface area (Å²) in [4.78, 5) is 112. The predicted molar refractivity (Wildman–Crippen MR) is 315 cm³/mol. The molecule has 0 saturated heterocycles. The highest BCUT2D eigenvalue weighted by atomic mass is 17.9. The zero-order valence-electron chi connectivity index (χ0n) is 49.7. The number of nitrogens with zero attached hydrogens (tertiary/aromatic N) is 5. The van der Waals surface area contributed by atoms with Crippen molar-refractivity contribution in [3.8, 4) is 23.0 Å². The van der Waals surface area contributed by atoms with E-state index < -0.39 is 47.7 Å². The number of aliphatic imine (C=N–C) groups is 2. The summed E-state index contributed by atoms with van der Waals surface area (Å²) in [7, 11) is 0. The zero-order chi connectivity index (χ0) is 62.8. The van der Waals surface area contributed by atoms with E-state index in [2.05, 4.69) is 67.9 Å². The first-order chi connectivity index (χ1) is 43.1. The molecule has 0 aromatic heterocycles. The predicted octanol–water partition coefficient (Wildman–Crippen LogP) is 7.59. The van der Waals surface area contributed by atoms with Gasteiger partial charge in [-0.15, -0.1) is 0 Å². The number of rotatable bonds is 21. The molecule has 7 amide bonds. The van der Waals surface area contributed by atoms with Gasteiger partial charge in [0.2, 0.25) is 11.8 Å². The average Bonchev–Trinajstić information content (AvgIpc) is 1.72. The van der Waals surface area contributed by atoms with Crippen LogP contribution in [0.4, 0.5) is 21.9 Å². The van der Waals surface area contributed by atoms with E-state index in [-0.39, 0.29) is 63.2 Å². The molecule has 0 aliphatic carbocycles. The largest absolute Gasteiger partial charge is 0.490 e.